The molecule has 16 heavy (non-hydrogen) atoms. The van der Waals surface area contributed by atoms with Gasteiger partial charge in [0.1, 0.15) is 6.10 Å². The number of hydrogen-bond acceptors (Lipinski definition) is 4. The zero-order valence-corrected chi connectivity index (χ0v) is 10.7. The van der Waals surface area contributed by atoms with Crippen LogP contribution in [-0.2, 0) is 9.53 Å². The van der Waals surface area contributed by atoms with Crippen LogP contribution in [0.15, 0.2) is 22.7 Å². The Labute approximate surface area is 106 Å². The molecule has 4 nitrogen and oxygen atoms in total. The second-order valence-electron chi connectivity index (χ2n) is 3.06. The van der Waals surface area contributed by atoms with E-state index >= 15 is 0 Å². The van der Waals surface area contributed by atoms with Gasteiger partial charge in [0, 0.05) is 4.47 Å². The molecule has 6 heteroatoms. The molecular formula is C10H10BrClO4. The highest BCUT2D eigenvalue weighted by molar-refractivity contribution is 9.10. The quantitative estimate of drug-likeness (QED) is 0.834. The van der Waals surface area contributed by atoms with Gasteiger partial charge in [-0.05, 0) is 27.6 Å². The van der Waals surface area contributed by atoms with Crippen LogP contribution in [0.1, 0.15) is 11.7 Å². The number of aliphatic hydroxyl groups excluding tert-OH is 2. The SMILES string of the molecule is COC(=O)C(O)C(O)c1cccc(Cl)c1Br. The van der Waals surface area contributed by atoms with Gasteiger partial charge in [-0.2, -0.15) is 0 Å². The number of hydrogen-bond donors (Lipinski definition) is 2. The number of aliphatic hydroxyl groups is 2. The Kier molecular flexibility index (Phi) is 4.73. The smallest absolute Gasteiger partial charge is 0.337 e. The van der Waals surface area contributed by atoms with Crippen molar-refractivity contribution in [1.82, 2.24) is 0 Å². The highest BCUT2D eigenvalue weighted by atomic mass is 79.9. The van der Waals surface area contributed by atoms with Crippen LogP contribution in [0.2, 0.25) is 5.02 Å². The zero-order chi connectivity index (χ0) is 12.3. The molecule has 1 rings (SSSR count). The van der Waals surface area contributed by atoms with Gasteiger partial charge in [0.05, 0.1) is 12.1 Å². The van der Waals surface area contributed by atoms with Crippen LogP contribution in [0.4, 0.5) is 0 Å². The van der Waals surface area contributed by atoms with E-state index in [4.69, 9.17) is 11.6 Å². The van der Waals surface area contributed by atoms with E-state index in [-0.39, 0.29) is 0 Å². The Morgan fingerprint density at radius 3 is 2.69 bits per heavy atom. The van der Waals surface area contributed by atoms with Crippen molar-refractivity contribution in [2.75, 3.05) is 7.11 Å². The Balaban J connectivity index is 3.00. The number of benzene rings is 1. The van der Waals surface area contributed by atoms with Crippen molar-refractivity contribution in [2.24, 2.45) is 0 Å². The molecule has 0 radical (unpaired) electrons. The fourth-order valence-electron chi connectivity index (χ4n) is 1.17. The molecule has 0 saturated carbocycles. The van der Waals surface area contributed by atoms with Crippen molar-refractivity contribution < 1.29 is 19.7 Å². The third kappa shape index (κ3) is 2.74. The number of carbonyl (C=O) groups excluding carboxylic acids is 1. The second-order valence-corrected chi connectivity index (χ2v) is 4.26. The standard InChI is InChI=1S/C10H10BrClO4/c1-16-10(15)9(14)8(13)5-3-2-4-6(12)7(5)11/h2-4,8-9,13-14H,1H3. The molecule has 1 aromatic carbocycles. The first kappa shape index (κ1) is 13.4. The summed E-state index contributed by atoms with van der Waals surface area (Å²) in [5.74, 6) is -0.903. The van der Waals surface area contributed by atoms with E-state index in [2.05, 4.69) is 20.7 Å². The minimum Gasteiger partial charge on any atom is -0.467 e. The van der Waals surface area contributed by atoms with Crippen LogP contribution in [0.3, 0.4) is 0 Å². The van der Waals surface area contributed by atoms with Gasteiger partial charge in [0.15, 0.2) is 6.10 Å². The van der Waals surface area contributed by atoms with Crippen molar-refractivity contribution in [3.63, 3.8) is 0 Å². The number of esters is 1. The molecule has 2 atom stereocenters. The van der Waals surface area contributed by atoms with Gasteiger partial charge >= 0.3 is 5.97 Å². The average Bonchev–Trinajstić information content (AvgIpc) is 2.29. The molecule has 0 bridgehead atoms. The van der Waals surface area contributed by atoms with E-state index < -0.39 is 18.2 Å². The molecule has 0 heterocycles. The first-order valence-electron chi connectivity index (χ1n) is 4.37. The fourth-order valence-corrected chi connectivity index (χ4v) is 1.85. The van der Waals surface area contributed by atoms with E-state index in [1.807, 2.05) is 0 Å². The predicted molar refractivity (Wildman–Crippen MR) is 62.1 cm³/mol. The lowest BCUT2D eigenvalue weighted by Gasteiger charge is -2.17. The number of methoxy groups -OCH3 is 1. The summed E-state index contributed by atoms with van der Waals surface area (Å²) in [6, 6.07) is 4.77. The fraction of sp³-hybridized carbons (Fsp3) is 0.300. The van der Waals surface area contributed by atoms with E-state index in [0.717, 1.165) is 7.11 Å². The average molecular weight is 310 g/mol. The topological polar surface area (TPSA) is 66.8 Å². The molecule has 88 valence electrons. The highest BCUT2D eigenvalue weighted by Gasteiger charge is 2.28. The molecule has 0 amide bonds. The van der Waals surface area contributed by atoms with Gasteiger partial charge < -0.3 is 14.9 Å². The number of ether oxygens (including phenoxy) is 1. The minimum atomic E-state index is -1.64. The minimum absolute atomic E-state index is 0.324. The highest BCUT2D eigenvalue weighted by Crippen LogP contribution is 2.31. The van der Waals surface area contributed by atoms with Gasteiger partial charge in [0.2, 0.25) is 0 Å². The summed E-state index contributed by atoms with van der Waals surface area (Å²) >= 11 is 8.99. The zero-order valence-electron chi connectivity index (χ0n) is 8.35. The van der Waals surface area contributed by atoms with Crippen LogP contribution in [0.25, 0.3) is 0 Å². The Morgan fingerprint density at radius 1 is 1.50 bits per heavy atom. The maximum atomic E-state index is 11.0. The number of halogens is 2. The maximum absolute atomic E-state index is 11.0. The van der Waals surface area contributed by atoms with Gasteiger partial charge in [-0.25, -0.2) is 4.79 Å². The molecule has 0 aliphatic carbocycles. The molecule has 1 aromatic rings. The van der Waals surface area contributed by atoms with E-state index in [9.17, 15) is 15.0 Å². The van der Waals surface area contributed by atoms with Crippen LogP contribution < -0.4 is 0 Å². The lowest BCUT2D eigenvalue weighted by molar-refractivity contribution is -0.156. The lowest BCUT2D eigenvalue weighted by Crippen LogP contribution is -2.29. The van der Waals surface area contributed by atoms with Crippen molar-refractivity contribution in [3.8, 4) is 0 Å². The van der Waals surface area contributed by atoms with Gasteiger partial charge in [0.25, 0.3) is 0 Å². The Morgan fingerprint density at radius 2 is 2.12 bits per heavy atom. The molecule has 0 aromatic heterocycles. The summed E-state index contributed by atoms with van der Waals surface area (Å²) in [5.41, 5.74) is 0.324. The molecule has 0 aliphatic rings. The van der Waals surface area contributed by atoms with Crippen molar-refractivity contribution >= 4 is 33.5 Å². The summed E-state index contributed by atoms with van der Waals surface area (Å²) in [4.78, 5) is 11.0. The summed E-state index contributed by atoms with van der Waals surface area (Å²) in [5, 5.41) is 19.6. The summed E-state index contributed by atoms with van der Waals surface area (Å²) in [6.07, 6.45) is -3.03. The number of rotatable bonds is 3. The monoisotopic (exact) mass is 308 g/mol. The first-order valence-corrected chi connectivity index (χ1v) is 5.54. The van der Waals surface area contributed by atoms with Crippen LogP contribution in [0, 0.1) is 0 Å². The lowest BCUT2D eigenvalue weighted by atomic mass is 10.0. The summed E-state index contributed by atoms with van der Waals surface area (Å²) in [7, 11) is 1.13. The summed E-state index contributed by atoms with van der Waals surface area (Å²) < 4.78 is 4.76. The van der Waals surface area contributed by atoms with Crippen LogP contribution in [-0.4, -0.2) is 29.4 Å². The molecule has 0 aliphatic heterocycles. The van der Waals surface area contributed by atoms with Crippen LogP contribution >= 0.6 is 27.5 Å². The third-order valence-corrected chi connectivity index (χ3v) is 3.47. The predicted octanol–water partition coefficient (Wildman–Crippen LogP) is 1.67. The van der Waals surface area contributed by atoms with E-state index in [1.54, 1.807) is 18.2 Å². The second kappa shape index (κ2) is 5.63. The van der Waals surface area contributed by atoms with Crippen molar-refractivity contribution in [1.29, 1.82) is 0 Å². The molecule has 0 spiro atoms. The van der Waals surface area contributed by atoms with Gasteiger partial charge in [-0.3, -0.25) is 0 Å². The van der Waals surface area contributed by atoms with E-state index in [1.165, 1.54) is 0 Å². The summed E-state index contributed by atoms with van der Waals surface area (Å²) in [6.45, 7) is 0. The molecule has 2 unspecified atom stereocenters. The number of carbonyl (C=O) groups is 1. The maximum Gasteiger partial charge on any atom is 0.337 e. The van der Waals surface area contributed by atoms with E-state index in [0.29, 0.717) is 15.1 Å². The largest absolute Gasteiger partial charge is 0.467 e. The molecule has 0 fully saturated rings. The normalized spacial score (nSPS) is 14.3. The molecule has 2 N–H and O–H groups in total. The molecule has 0 saturated heterocycles. The van der Waals surface area contributed by atoms with Gasteiger partial charge in [-0.1, -0.05) is 23.7 Å². The third-order valence-electron chi connectivity index (χ3n) is 2.04. The van der Waals surface area contributed by atoms with Crippen LogP contribution in [0.5, 0.6) is 0 Å². The van der Waals surface area contributed by atoms with Gasteiger partial charge in [-0.15, -0.1) is 0 Å². The first-order chi connectivity index (χ1) is 7.49. The molecular weight excluding hydrogens is 299 g/mol. The Hall–Kier alpha value is -0.620. The Bertz CT molecular complexity index is 396. The van der Waals surface area contributed by atoms with Crippen molar-refractivity contribution in [3.05, 3.63) is 33.3 Å². The van der Waals surface area contributed by atoms with Crippen molar-refractivity contribution in [2.45, 2.75) is 12.2 Å².